The lowest BCUT2D eigenvalue weighted by Crippen LogP contribution is -2.07. The zero-order valence-electron chi connectivity index (χ0n) is 7.78. The average Bonchev–Trinajstić information content (AvgIpc) is 2.26. The lowest BCUT2D eigenvalue weighted by Gasteiger charge is -2.03. The minimum absolute atomic E-state index is 0.0216. The van der Waals surface area contributed by atoms with Crippen LogP contribution in [0.4, 0.5) is 5.69 Å². The molecule has 84 valence electrons. The maximum atomic E-state index is 11.5. The zero-order chi connectivity index (χ0) is 12.3. The van der Waals surface area contributed by atoms with Crippen LogP contribution in [0.3, 0.4) is 0 Å². The number of halogens is 2. The van der Waals surface area contributed by atoms with Crippen molar-refractivity contribution in [2.24, 2.45) is 0 Å². The summed E-state index contributed by atoms with van der Waals surface area (Å²) >= 11 is 4.67. The number of aldehydes is 1. The highest BCUT2D eigenvalue weighted by Crippen LogP contribution is 2.27. The number of carbonyl (C=O) groups excluding carboxylic acids is 2. The van der Waals surface area contributed by atoms with Crippen LogP contribution in [0.1, 0.15) is 20.7 Å². The van der Waals surface area contributed by atoms with E-state index in [9.17, 15) is 19.7 Å². The van der Waals surface area contributed by atoms with Gasteiger partial charge in [0.15, 0.2) is 5.78 Å². The Hall–Kier alpha value is -0.830. The lowest BCUT2D eigenvalue weighted by atomic mass is 10.1. The first kappa shape index (κ1) is 13.2. The minimum Gasteiger partial charge on any atom is -0.298 e. The second-order valence-corrected chi connectivity index (χ2v) is 4.55. The van der Waals surface area contributed by atoms with Crippen LogP contribution in [-0.4, -0.2) is 22.3 Å². The Labute approximate surface area is 113 Å². The highest BCUT2D eigenvalue weighted by atomic mass is 127. The van der Waals surface area contributed by atoms with Gasteiger partial charge in [-0.3, -0.25) is 19.7 Å². The van der Waals surface area contributed by atoms with Gasteiger partial charge in [0, 0.05) is 5.56 Å². The Morgan fingerprint density at radius 3 is 2.62 bits per heavy atom. The molecule has 16 heavy (non-hydrogen) atoms. The summed E-state index contributed by atoms with van der Waals surface area (Å²) in [5.74, 6) is -0.423. The summed E-state index contributed by atoms with van der Waals surface area (Å²) < 4.78 is 0.275. The molecular formula is C9H5BrINO4. The number of ketones is 1. The topological polar surface area (TPSA) is 77.3 Å². The first-order valence-electron chi connectivity index (χ1n) is 4.03. The van der Waals surface area contributed by atoms with Gasteiger partial charge in [-0.15, -0.1) is 0 Å². The highest BCUT2D eigenvalue weighted by molar-refractivity contribution is 14.1. The number of alkyl halides is 1. The molecule has 1 rings (SSSR count). The molecule has 0 unspecified atom stereocenters. The SMILES string of the molecule is O=Cc1cc(I)c([N+](=O)[O-])c(C(=O)CBr)c1. The van der Waals surface area contributed by atoms with Crippen LogP contribution < -0.4 is 0 Å². The molecule has 7 heteroatoms. The number of hydrogen-bond donors (Lipinski definition) is 0. The molecule has 0 saturated heterocycles. The third-order valence-electron chi connectivity index (χ3n) is 1.83. The van der Waals surface area contributed by atoms with E-state index in [0.29, 0.717) is 6.29 Å². The van der Waals surface area contributed by atoms with Crippen LogP contribution in [0.25, 0.3) is 0 Å². The first-order chi connectivity index (χ1) is 7.51. The Morgan fingerprint density at radius 2 is 2.19 bits per heavy atom. The van der Waals surface area contributed by atoms with Crippen LogP contribution in [-0.2, 0) is 0 Å². The fraction of sp³-hybridized carbons (Fsp3) is 0.111. The van der Waals surface area contributed by atoms with Crippen molar-refractivity contribution in [2.45, 2.75) is 0 Å². The van der Waals surface area contributed by atoms with E-state index in [0.717, 1.165) is 0 Å². The van der Waals surface area contributed by atoms with Crippen molar-refractivity contribution in [1.82, 2.24) is 0 Å². The number of nitro benzene ring substituents is 1. The lowest BCUT2D eigenvalue weighted by molar-refractivity contribution is -0.386. The standard InChI is InChI=1S/C9H5BrINO4/c10-3-8(14)6-1-5(4-13)2-7(11)9(6)12(15)16/h1-2,4H,3H2. The van der Waals surface area contributed by atoms with E-state index < -0.39 is 10.7 Å². The molecule has 0 atom stereocenters. The molecule has 1 aromatic rings. The average molecular weight is 398 g/mol. The molecule has 0 spiro atoms. The van der Waals surface area contributed by atoms with Gasteiger partial charge < -0.3 is 0 Å². The van der Waals surface area contributed by atoms with E-state index in [1.165, 1.54) is 12.1 Å². The maximum absolute atomic E-state index is 11.5. The summed E-state index contributed by atoms with van der Waals surface area (Å²) in [4.78, 5) is 32.3. The van der Waals surface area contributed by atoms with E-state index >= 15 is 0 Å². The van der Waals surface area contributed by atoms with Gasteiger partial charge in [-0.2, -0.15) is 0 Å². The van der Waals surface area contributed by atoms with Gasteiger partial charge in [0.25, 0.3) is 5.69 Å². The van der Waals surface area contributed by atoms with Crippen molar-refractivity contribution < 1.29 is 14.5 Å². The smallest absolute Gasteiger partial charge is 0.293 e. The molecule has 0 bridgehead atoms. The summed E-state index contributed by atoms with van der Waals surface area (Å²) in [5.41, 5.74) is -0.0502. The zero-order valence-corrected chi connectivity index (χ0v) is 11.5. The quantitative estimate of drug-likeness (QED) is 0.195. The molecule has 0 aliphatic rings. The Bertz CT molecular complexity index is 475. The molecule has 0 N–H and O–H groups in total. The van der Waals surface area contributed by atoms with Gasteiger partial charge in [-0.05, 0) is 34.7 Å². The molecule has 5 nitrogen and oxygen atoms in total. The number of benzene rings is 1. The number of Topliss-reactive ketones (excluding diaryl/α,β-unsaturated/α-hetero) is 1. The summed E-state index contributed by atoms with van der Waals surface area (Å²) in [6.45, 7) is 0. The van der Waals surface area contributed by atoms with E-state index in [2.05, 4.69) is 15.9 Å². The second kappa shape index (κ2) is 5.48. The normalized spacial score (nSPS) is 9.88. The molecular weight excluding hydrogens is 393 g/mol. The van der Waals surface area contributed by atoms with E-state index in [1.54, 1.807) is 22.6 Å². The summed E-state index contributed by atoms with van der Waals surface area (Å²) in [6.07, 6.45) is 0.552. The highest BCUT2D eigenvalue weighted by Gasteiger charge is 2.23. The third kappa shape index (κ3) is 2.64. The maximum Gasteiger partial charge on any atom is 0.293 e. The predicted molar refractivity (Wildman–Crippen MR) is 69.3 cm³/mol. The summed E-state index contributed by atoms with van der Waals surface area (Å²) in [5, 5.41) is 10.8. The molecule has 0 fully saturated rings. The molecule has 1 aromatic carbocycles. The Kier molecular flexibility index (Phi) is 4.54. The van der Waals surface area contributed by atoms with Crippen molar-refractivity contribution in [2.75, 3.05) is 5.33 Å². The number of nitro groups is 1. The molecule has 0 aromatic heterocycles. The summed E-state index contributed by atoms with van der Waals surface area (Å²) in [7, 11) is 0. The van der Waals surface area contributed by atoms with Gasteiger partial charge in [0.2, 0.25) is 0 Å². The molecule has 0 amide bonds. The van der Waals surface area contributed by atoms with E-state index in [1.807, 2.05) is 0 Å². The molecule has 0 saturated carbocycles. The third-order valence-corrected chi connectivity index (χ3v) is 3.16. The van der Waals surface area contributed by atoms with Crippen molar-refractivity contribution in [3.05, 3.63) is 36.9 Å². The minimum atomic E-state index is -0.619. The van der Waals surface area contributed by atoms with Gasteiger partial charge in [-0.1, -0.05) is 15.9 Å². The van der Waals surface area contributed by atoms with Gasteiger partial charge in [0.05, 0.1) is 19.4 Å². The van der Waals surface area contributed by atoms with Gasteiger partial charge >= 0.3 is 0 Å². The van der Waals surface area contributed by atoms with Crippen LogP contribution >= 0.6 is 38.5 Å². The predicted octanol–water partition coefficient (Wildman–Crippen LogP) is 2.59. The van der Waals surface area contributed by atoms with E-state index in [4.69, 9.17) is 0 Å². The van der Waals surface area contributed by atoms with Crippen molar-refractivity contribution >= 4 is 56.3 Å². The van der Waals surface area contributed by atoms with Crippen molar-refractivity contribution in [3.63, 3.8) is 0 Å². The Morgan fingerprint density at radius 1 is 1.56 bits per heavy atom. The van der Waals surface area contributed by atoms with Crippen molar-refractivity contribution in [3.8, 4) is 0 Å². The number of nitrogens with zero attached hydrogens (tertiary/aromatic N) is 1. The van der Waals surface area contributed by atoms with Crippen LogP contribution in [0.15, 0.2) is 12.1 Å². The molecule has 0 aliphatic carbocycles. The number of hydrogen-bond acceptors (Lipinski definition) is 4. The fourth-order valence-corrected chi connectivity index (χ4v) is 2.31. The molecule has 0 heterocycles. The summed E-state index contributed by atoms with van der Waals surface area (Å²) in [6, 6.07) is 2.60. The van der Waals surface area contributed by atoms with Crippen LogP contribution in [0, 0.1) is 13.7 Å². The van der Waals surface area contributed by atoms with Crippen LogP contribution in [0.5, 0.6) is 0 Å². The largest absolute Gasteiger partial charge is 0.298 e. The second-order valence-electron chi connectivity index (χ2n) is 2.83. The monoisotopic (exact) mass is 397 g/mol. The van der Waals surface area contributed by atoms with Gasteiger partial charge in [-0.25, -0.2) is 0 Å². The first-order valence-corrected chi connectivity index (χ1v) is 6.23. The number of rotatable bonds is 4. The number of carbonyl (C=O) groups is 2. The van der Waals surface area contributed by atoms with Gasteiger partial charge in [0.1, 0.15) is 6.29 Å². The fourth-order valence-electron chi connectivity index (χ4n) is 1.16. The van der Waals surface area contributed by atoms with Crippen molar-refractivity contribution in [1.29, 1.82) is 0 Å². The van der Waals surface area contributed by atoms with E-state index in [-0.39, 0.29) is 25.7 Å². The molecule has 0 aliphatic heterocycles. The molecule has 0 radical (unpaired) electrons. The van der Waals surface area contributed by atoms with Crippen LogP contribution in [0.2, 0.25) is 0 Å². The Balaban J connectivity index is 3.52.